The van der Waals surface area contributed by atoms with E-state index in [-0.39, 0.29) is 24.1 Å². The highest BCUT2D eigenvalue weighted by molar-refractivity contribution is 7.92. The number of nitrogens with zero attached hydrogens (tertiary/aromatic N) is 4. The molecule has 202 valence electrons. The molecule has 0 bridgehead atoms. The molecule has 1 aromatic carbocycles. The maximum Gasteiger partial charge on any atom is 0.168 e. The smallest absolute Gasteiger partial charge is 0.168 e. The first kappa shape index (κ1) is 27.1. The molecule has 1 fully saturated rings. The number of aliphatic hydroxyl groups is 1. The lowest BCUT2D eigenvalue weighted by Gasteiger charge is -2.38. The van der Waals surface area contributed by atoms with Crippen LogP contribution in [0.3, 0.4) is 0 Å². The van der Waals surface area contributed by atoms with Crippen LogP contribution in [0.2, 0.25) is 0 Å². The molecule has 3 aromatic rings. The van der Waals surface area contributed by atoms with Crippen LogP contribution in [0.15, 0.2) is 30.5 Å². The van der Waals surface area contributed by atoms with Crippen molar-refractivity contribution in [3.8, 4) is 17.2 Å². The Morgan fingerprint density at radius 2 is 2.00 bits per heavy atom. The van der Waals surface area contributed by atoms with Crippen molar-refractivity contribution in [2.24, 2.45) is 0 Å². The largest absolute Gasteiger partial charge is 0.391 e. The third kappa shape index (κ3) is 4.73. The zero-order chi connectivity index (χ0) is 27.5. The number of likely N-dealkylation sites (tertiary alicyclic amines) is 1. The van der Waals surface area contributed by atoms with Gasteiger partial charge in [-0.05, 0) is 83.7 Å². The number of sulfone groups is 1. The molecule has 0 saturated carbocycles. The van der Waals surface area contributed by atoms with Gasteiger partial charge in [-0.15, -0.1) is 11.3 Å². The molecule has 9 heteroatoms. The van der Waals surface area contributed by atoms with Crippen molar-refractivity contribution in [1.82, 2.24) is 9.88 Å². The predicted molar refractivity (Wildman–Crippen MR) is 154 cm³/mol. The Labute approximate surface area is 229 Å². The van der Waals surface area contributed by atoms with Gasteiger partial charge in [-0.3, -0.25) is 9.88 Å². The molecule has 2 aromatic heterocycles. The molecule has 7 nitrogen and oxygen atoms in total. The fourth-order valence-corrected chi connectivity index (χ4v) is 8.05. The van der Waals surface area contributed by atoms with E-state index in [2.05, 4.69) is 34.7 Å². The van der Waals surface area contributed by atoms with E-state index in [9.17, 15) is 18.8 Å². The number of nitriles is 1. The van der Waals surface area contributed by atoms with E-state index in [0.717, 1.165) is 63.3 Å². The van der Waals surface area contributed by atoms with E-state index in [1.165, 1.54) is 11.3 Å². The van der Waals surface area contributed by atoms with Gasteiger partial charge in [0, 0.05) is 52.6 Å². The summed E-state index contributed by atoms with van der Waals surface area (Å²) < 4.78 is 26.5. The molecule has 5 rings (SSSR count). The summed E-state index contributed by atoms with van der Waals surface area (Å²) in [5, 5.41) is 19.6. The third-order valence-electron chi connectivity index (χ3n) is 8.08. The molecule has 1 N–H and O–H groups in total. The van der Waals surface area contributed by atoms with Crippen LogP contribution in [0.1, 0.15) is 63.5 Å². The summed E-state index contributed by atoms with van der Waals surface area (Å²) >= 11 is 1.54. The Morgan fingerprint density at radius 3 is 2.68 bits per heavy atom. The standard InChI is InChI=1S/C29H36N4O3S2/c1-28(2,3)38(35,36)18-32-16-21(14-29(32,4)5)33-10-6-7-20-11-19(15-30)12-24(26(20)33)23-8-9-31-25-13-22(17-34)37-27(23)25/h8-9,11-13,21,34H,6-7,10,14,16-18H2,1-5H3/t21-/m0/s1. The zero-order valence-electron chi connectivity index (χ0n) is 22.8. The number of rotatable bonds is 5. The van der Waals surface area contributed by atoms with Gasteiger partial charge in [-0.25, -0.2) is 8.42 Å². The topological polar surface area (TPSA) is 97.5 Å². The van der Waals surface area contributed by atoms with Gasteiger partial charge in [0.25, 0.3) is 0 Å². The van der Waals surface area contributed by atoms with Gasteiger partial charge in [0.15, 0.2) is 9.84 Å². The molecule has 0 aliphatic carbocycles. The molecule has 2 aliphatic rings. The lowest BCUT2D eigenvalue weighted by atomic mass is 9.90. The Morgan fingerprint density at radius 1 is 1.24 bits per heavy atom. The monoisotopic (exact) mass is 552 g/mol. The highest BCUT2D eigenvalue weighted by Crippen LogP contribution is 2.45. The van der Waals surface area contributed by atoms with Crippen molar-refractivity contribution in [3.05, 3.63) is 46.5 Å². The van der Waals surface area contributed by atoms with Crippen molar-refractivity contribution in [1.29, 1.82) is 5.26 Å². The van der Waals surface area contributed by atoms with E-state index >= 15 is 0 Å². The molecule has 0 radical (unpaired) electrons. The number of hydrogen-bond acceptors (Lipinski definition) is 8. The Balaban J connectivity index is 1.60. The highest BCUT2D eigenvalue weighted by atomic mass is 32.2. The van der Waals surface area contributed by atoms with Crippen molar-refractivity contribution >= 4 is 37.1 Å². The average Bonchev–Trinajstić information content (AvgIpc) is 3.41. The number of hydrogen-bond donors (Lipinski definition) is 1. The van der Waals surface area contributed by atoms with Gasteiger partial charge in [0.1, 0.15) is 5.88 Å². The van der Waals surface area contributed by atoms with Gasteiger partial charge in [-0.1, -0.05) is 0 Å². The molecule has 2 aliphatic heterocycles. The molecule has 1 atom stereocenters. The van der Waals surface area contributed by atoms with Crippen molar-refractivity contribution in [3.63, 3.8) is 0 Å². The minimum absolute atomic E-state index is 0.0343. The minimum atomic E-state index is -3.31. The van der Waals surface area contributed by atoms with Crippen LogP contribution in [-0.4, -0.2) is 58.7 Å². The first-order valence-electron chi connectivity index (χ1n) is 13.1. The molecule has 38 heavy (non-hydrogen) atoms. The van der Waals surface area contributed by atoms with Crippen LogP contribution in [-0.2, 0) is 22.9 Å². The van der Waals surface area contributed by atoms with Crippen LogP contribution in [0.4, 0.5) is 5.69 Å². The minimum Gasteiger partial charge on any atom is -0.391 e. The summed E-state index contributed by atoms with van der Waals surface area (Å²) in [5.74, 6) is 0.0467. The number of benzene rings is 1. The summed E-state index contributed by atoms with van der Waals surface area (Å²) in [6.45, 7) is 11.1. The second-order valence-electron chi connectivity index (χ2n) is 12.1. The summed E-state index contributed by atoms with van der Waals surface area (Å²) in [6, 6.07) is 10.4. The average molecular weight is 553 g/mol. The maximum atomic E-state index is 13.1. The van der Waals surface area contributed by atoms with E-state index in [1.54, 1.807) is 27.0 Å². The second-order valence-corrected chi connectivity index (χ2v) is 16.0. The predicted octanol–water partition coefficient (Wildman–Crippen LogP) is 5.10. The van der Waals surface area contributed by atoms with Gasteiger partial charge in [-0.2, -0.15) is 5.26 Å². The molecule has 0 amide bonds. The summed E-state index contributed by atoms with van der Waals surface area (Å²) in [5.41, 5.74) is 5.54. The highest BCUT2D eigenvalue weighted by Gasteiger charge is 2.45. The molecular formula is C29H36N4O3S2. The van der Waals surface area contributed by atoms with Crippen molar-refractivity contribution in [2.45, 2.75) is 76.8 Å². The first-order chi connectivity index (χ1) is 17.8. The van der Waals surface area contributed by atoms with Crippen LogP contribution in [0, 0.1) is 11.3 Å². The van der Waals surface area contributed by atoms with E-state index in [1.807, 2.05) is 24.3 Å². The van der Waals surface area contributed by atoms with E-state index < -0.39 is 14.6 Å². The van der Waals surface area contributed by atoms with Crippen LogP contribution in [0.5, 0.6) is 0 Å². The molecule has 0 spiro atoms. The Kier molecular flexibility index (Phi) is 6.84. The van der Waals surface area contributed by atoms with E-state index in [4.69, 9.17) is 0 Å². The number of pyridine rings is 1. The number of anilines is 1. The zero-order valence-corrected chi connectivity index (χ0v) is 24.4. The fraction of sp³-hybridized carbons (Fsp3) is 0.517. The Hall–Kier alpha value is -2.51. The molecular weight excluding hydrogens is 516 g/mol. The van der Waals surface area contributed by atoms with Gasteiger partial charge < -0.3 is 10.0 Å². The Bertz CT molecular complexity index is 1530. The first-order valence-corrected chi connectivity index (χ1v) is 15.6. The quantitative estimate of drug-likeness (QED) is 0.470. The second kappa shape index (κ2) is 9.60. The number of thiophene rings is 1. The normalized spacial score (nSPS) is 20.0. The van der Waals surface area contributed by atoms with Gasteiger partial charge in [0.05, 0.1) is 33.2 Å². The fourth-order valence-electron chi connectivity index (χ4n) is 5.80. The number of fused-ring (bicyclic) bond motifs is 2. The van der Waals surface area contributed by atoms with Crippen LogP contribution >= 0.6 is 11.3 Å². The van der Waals surface area contributed by atoms with Gasteiger partial charge >= 0.3 is 0 Å². The van der Waals surface area contributed by atoms with Crippen molar-refractivity contribution in [2.75, 3.05) is 23.9 Å². The molecule has 0 unspecified atom stereocenters. The SMILES string of the molecule is CC1(C)C[C@H](N2CCCc3cc(C#N)cc(-c4ccnc5cc(CO)sc45)c32)CN1CS(=O)(=O)C(C)(C)C. The number of aromatic nitrogens is 1. The molecule has 4 heterocycles. The van der Waals surface area contributed by atoms with E-state index in [0.29, 0.717) is 12.1 Å². The lowest BCUT2D eigenvalue weighted by Crippen LogP contribution is -2.46. The maximum absolute atomic E-state index is 13.1. The molecule has 1 saturated heterocycles. The van der Waals surface area contributed by atoms with Crippen LogP contribution in [0.25, 0.3) is 21.3 Å². The van der Waals surface area contributed by atoms with Crippen molar-refractivity contribution < 1.29 is 13.5 Å². The summed E-state index contributed by atoms with van der Waals surface area (Å²) in [4.78, 5) is 9.98. The third-order valence-corrected chi connectivity index (χ3v) is 11.7. The van der Waals surface area contributed by atoms with Crippen LogP contribution < -0.4 is 4.90 Å². The van der Waals surface area contributed by atoms with Gasteiger partial charge in [0.2, 0.25) is 0 Å². The lowest BCUT2D eigenvalue weighted by molar-refractivity contribution is 0.203. The summed E-state index contributed by atoms with van der Waals surface area (Å²) in [6.07, 6.45) is 4.53. The number of aryl methyl sites for hydroxylation is 1. The summed E-state index contributed by atoms with van der Waals surface area (Å²) in [7, 11) is -3.31. The number of aliphatic hydroxyl groups excluding tert-OH is 1.